The number of aromatic nitrogens is 1. The molecule has 1 heterocycles. The van der Waals surface area contributed by atoms with Crippen LogP contribution >= 0.6 is 0 Å². The predicted octanol–water partition coefficient (Wildman–Crippen LogP) is 5.77. The summed E-state index contributed by atoms with van der Waals surface area (Å²) in [7, 11) is -4.01. The van der Waals surface area contributed by atoms with Crippen molar-refractivity contribution in [2.75, 3.05) is 0 Å². The molecule has 42 heavy (non-hydrogen) atoms. The normalized spacial score (nSPS) is 15.5. The summed E-state index contributed by atoms with van der Waals surface area (Å²) in [6, 6.07) is 32.3. The maximum absolute atomic E-state index is 12.8. The van der Waals surface area contributed by atoms with Crippen molar-refractivity contribution in [1.29, 1.82) is 0 Å². The first-order valence-corrected chi connectivity index (χ1v) is 15.3. The monoisotopic (exact) mass is 578 g/mol. The summed E-state index contributed by atoms with van der Waals surface area (Å²) in [5, 5.41) is 12.4. The van der Waals surface area contributed by atoms with Crippen LogP contribution in [0.15, 0.2) is 114 Å². The Bertz CT molecular complexity index is 1860. The number of nitrogens with zero attached hydrogens (tertiary/aromatic N) is 1. The summed E-state index contributed by atoms with van der Waals surface area (Å²) in [5.74, 6) is -0.0667. The van der Waals surface area contributed by atoms with Crippen molar-refractivity contribution in [2.45, 2.75) is 36.9 Å². The second kappa shape index (κ2) is 11.8. The highest BCUT2D eigenvalue weighted by molar-refractivity contribution is 7.90. The Morgan fingerprint density at radius 2 is 1.71 bits per heavy atom. The molecular weight excluding hydrogens is 548 g/mol. The molecule has 0 spiro atoms. The van der Waals surface area contributed by atoms with E-state index in [0.717, 1.165) is 40.8 Å². The smallest absolute Gasteiger partial charge is 0.265 e. The van der Waals surface area contributed by atoms with E-state index in [2.05, 4.69) is 15.8 Å². The van der Waals surface area contributed by atoms with Crippen molar-refractivity contribution in [3.8, 4) is 5.75 Å². The first-order chi connectivity index (χ1) is 20.4. The molecule has 0 saturated carbocycles. The molecular formula is C34H30N2O5S. The molecule has 7 nitrogen and oxygen atoms in total. The van der Waals surface area contributed by atoms with Gasteiger partial charge in [0.1, 0.15) is 12.4 Å². The minimum atomic E-state index is -4.01. The van der Waals surface area contributed by atoms with E-state index in [4.69, 9.17) is 4.74 Å². The summed E-state index contributed by atoms with van der Waals surface area (Å²) >= 11 is 0. The number of aliphatic hydroxyl groups is 1. The molecule has 8 heteroatoms. The molecule has 2 N–H and O–H groups in total. The Morgan fingerprint density at radius 1 is 0.905 bits per heavy atom. The van der Waals surface area contributed by atoms with E-state index in [1.54, 1.807) is 36.4 Å². The molecule has 212 valence electrons. The molecule has 1 amide bonds. The Labute approximate surface area is 244 Å². The predicted molar refractivity (Wildman–Crippen MR) is 161 cm³/mol. The molecule has 2 unspecified atom stereocenters. The van der Waals surface area contributed by atoms with E-state index in [-0.39, 0.29) is 16.4 Å². The van der Waals surface area contributed by atoms with Crippen LogP contribution in [-0.2, 0) is 29.5 Å². The maximum atomic E-state index is 12.8. The van der Waals surface area contributed by atoms with E-state index in [1.807, 2.05) is 48.5 Å². The lowest BCUT2D eigenvalue weighted by Gasteiger charge is -2.29. The lowest BCUT2D eigenvalue weighted by Crippen LogP contribution is -2.30. The van der Waals surface area contributed by atoms with Crippen molar-refractivity contribution in [3.05, 3.63) is 137 Å². The number of sulfonamides is 1. The molecule has 0 bridgehead atoms. The van der Waals surface area contributed by atoms with Gasteiger partial charge in [-0.3, -0.25) is 4.79 Å². The number of aryl methyl sites for hydroxylation is 1. The van der Waals surface area contributed by atoms with Crippen molar-refractivity contribution < 1.29 is 23.1 Å². The van der Waals surface area contributed by atoms with Gasteiger partial charge in [0.2, 0.25) is 0 Å². The third-order valence-electron chi connectivity index (χ3n) is 7.70. The van der Waals surface area contributed by atoms with Crippen LogP contribution in [0.25, 0.3) is 10.9 Å². The number of benzene rings is 4. The Balaban J connectivity index is 1.12. The summed E-state index contributed by atoms with van der Waals surface area (Å²) in [5.41, 5.74) is 4.87. The van der Waals surface area contributed by atoms with E-state index in [1.165, 1.54) is 23.8 Å². The lowest BCUT2D eigenvalue weighted by molar-refractivity contribution is 0.0969. The minimum Gasteiger partial charge on any atom is -0.487 e. The maximum Gasteiger partial charge on any atom is 0.265 e. The standard InChI is InChI=1S/C34H30N2O5S/c37-33(25-8-6-9-27(19-25)34(38)36-42(39,40)31-10-2-1-3-11-31)26-14-13-23-16-18-30(21-28(23)20-26)41-22-29-17-15-24-7-4-5-12-32(24)35-29/h1-12,15-19,21,26,33,37H,13-14,20,22H2,(H,36,38). The highest BCUT2D eigenvalue weighted by atomic mass is 32.2. The van der Waals surface area contributed by atoms with Gasteiger partial charge < -0.3 is 9.84 Å². The second-order valence-electron chi connectivity index (χ2n) is 10.5. The minimum absolute atomic E-state index is 0.00675. The van der Waals surface area contributed by atoms with Gasteiger partial charge in [-0.1, -0.05) is 60.7 Å². The number of amides is 1. The Hall–Kier alpha value is -4.53. The van der Waals surface area contributed by atoms with Gasteiger partial charge in [-0.05, 0) is 90.4 Å². The van der Waals surface area contributed by atoms with Gasteiger partial charge in [0.05, 0.1) is 22.2 Å². The quantitative estimate of drug-likeness (QED) is 0.242. The number of carbonyl (C=O) groups excluding carboxylic acids is 1. The third-order valence-corrected chi connectivity index (χ3v) is 9.05. The molecule has 1 aromatic heterocycles. The van der Waals surface area contributed by atoms with E-state index < -0.39 is 22.0 Å². The number of ether oxygens (including phenoxy) is 1. The zero-order valence-electron chi connectivity index (χ0n) is 22.8. The van der Waals surface area contributed by atoms with E-state index in [0.29, 0.717) is 18.6 Å². The first-order valence-electron chi connectivity index (χ1n) is 13.9. The molecule has 2 atom stereocenters. The van der Waals surface area contributed by atoms with Gasteiger partial charge in [0, 0.05) is 10.9 Å². The van der Waals surface area contributed by atoms with Crippen LogP contribution in [0.2, 0.25) is 0 Å². The van der Waals surface area contributed by atoms with Crippen molar-refractivity contribution in [3.63, 3.8) is 0 Å². The van der Waals surface area contributed by atoms with Crippen molar-refractivity contribution >= 4 is 26.8 Å². The largest absolute Gasteiger partial charge is 0.487 e. The third kappa shape index (κ3) is 6.05. The fourth-order valence-corrected chi connectivity index (χ4v) is 6.44. The SMILES string of the molecule is O=C(NS(=O)(=O)c1ccccc1)c1cccc(C(O)C2CCc3ccc(OCc4ccc5ccccc5n4)cc3C2)c1. The summed E-state index contributed by atoms with van der Waals surface area (Å²) < 4.78 is 33.4. The zero-order valence-corrected chi connectivity index (χ0v) is 23.6. The van der Waals surface area contributed by atoms with Gasteiger partial charge in [-0.2, -0.15) is 0 Å². The molecule has 6 rings (SSSR count). The highest BCUT2D eigenvalue weighted by Gasteiger charge is 2.27. The van der Waals surface area contributed by atoms with Gasteiger partial charge in [0.25, 0.3) is 15.9 Å². The van der Waals surface area contributed by atoms with Crippen LogP contribution < -0.4 is 9.46 Å². The van der Waals surface area contributed by atoms with Crippen LogP contribution in [0, 0.1) is 5.92 Å². The van der Waals surface area contributed by atoms with E-state index >= 15 is 0 Å². The summed E-state index contributed by atoms with van der Waals surface area (Å²) in [6.07, 6.45) is 1.44. The van der Waals surface area contributed by atoms with Crippen LogP contribution in [0.5, 0.6) is 5.75 Å². The van der Waals surface area contributed by atoms with E-state index in [9.17, 15) is 18.3 Å². The fourth-order valence-electron chi connectivity index (χ4n) is 5.44. The number of hydrogen-bond acceptors (Lipinski definition) is 6. The number of carbonyl (C=O) groups is 1. The lowest BCUT2D eigenvalue weighted by atomic mass is 9.79. The highest BCUT2D eigenvalue weighted by Crippen LogP contribution is 2.36. The molecule has 4 aromatic carbocycles. The Morgan fingerprint density at radius 3 is 2.57 bits per heavy atom. The van der Waals surface area contributed by atoms with Gasteiger partial charge in [-0.25, -0.2) is 18.1 Å². The second-order valence-corrected chi connectivity index (χ2v) is 12.2. The molecule has 0 radical (unpaired) electrons. The average molecular weight is 579 g/mol. The fraction of sp³-hybridized carbons (Fsp3) is 0.176. The number of aliphatic hydroxyl groups excluding tert-OH is 1. The van der Waals surface area contributed by atoms with Gasteiger partial charge in [-0.15, -0.1) is 0 Å². The molecule has 5 aromatic rings. The average Bonchev–Trinajstić information content (AvgIpc) is 3.03. The number of para-hydroxylation sites is 1. The number of pyridine rings is 1. The van der Waals surface area contributed by atoms with Crippen molar-refractivity contribution in [2.24, 2.45) is 5.92 Å². The molecule has 0 saturated heterocycles. The first kappa shape index (κ1) is 27.6. The van der Waals surface area contributed by atoms with Gasteiger partial charge >= 0.3 is 0 Å². The topological polar surface area (TPSA) is 106 Å². The number of rotatable bonds is 8. The summed E-state index contributed by atoms with van der Waals surface area (Å²) in [4.78, 5) is 17.5. The number of nitrogens with one attached hydrogen (secondary N) is 1. The zero-order chi connectivity index (χ0) is 29.1. The van der Waals surface area contributed by atoms with Crippen LogP contribution in [-0.4, -0.2) is 24.4 Å². The van der Waals surface area contributed by atoms with Crippen molar-refractivity contribution in [1.82, 2.24) is 9.71 Å². The molecule has 0 fully saturated rings. The Kier molecular flexibility index (Phi) is 7.73. The number of hydrogen-bond donors (Lipinski definition) is 2. The molecule has 1 aliphatic carbocycles. The molecule has 0 aliphatic heterocycles. The van der Waals surface area contributed by atoms with Crippen LogP contribution in [0.3, 0.4) is 0 Å². The molecule has 1 aliphatic rings. The van der Waals surface area contributed by atoms with Crippen LogP contribution in [0.1, 0.15) is 45.3 Å². The number of fused-ring (bicyclic) bond motifs is 2. The summed E-state index contributed by atoms with van der Waals surface area (Å²) in [6.45, 7) is 0.352. The van der Waals surface area contributed by atoms with Crippen LogP contribution in [0.4, 0.5) is 0 Å². The van der Waals surface area contributed by atoms with Gasteiger partial charge in [0.15, 0.2) is 0 Å².